The lowest BCUT2D eigenvalue weighted by atomic mass is 10.1. The molecule has 178 valence electrons. The Labute approximate surface area is 207 Å². The number of furan rings is 1. The minimum atomic E-state index is -0.238. The van der Waals surface area contributed by atoms with Crippen LogP contribution in [0, 0.1) is 0 Å². The molecule has 4 aromatic rings. The molecule has 2 amide bonds. The third kappa shape index (κ3) is 5.30. The fourth-order valence-electron chi connectivity index (χ4n) is 4.18. The molecule has 2 aromatic heterocycles. The zero-order valence-electron chi connectivity index (χ0n) is 19.0. The Morgan fingerprint density at radius 1 is 0.971 bits per heavy atom. The number of aromatic nitrogens is 3. The summed E-state index contributed by atoms with van der Waals surface area (Å²) in [6.07, 6.45) is 5.85. The highest BCUT2D eigenvalue weighted by Crippen LogP contribution is 2.28. The standard InChI is InChI=1S/C26H25N5O3S/c32-23(28-21-14-7-6-13-20(21)25(33)27-18-9-4-5-10-18)17-35-26-30-29-24(22-15-8-16-34-22)31(26)19-11-2-1-3-12-19/h1-3,6-8,11-16,18H,4-5,9-10,17H2,(H,27,33)(H,28,32). The first-order chi connectivity index (χ1) is 17.2. The highest BCUT2D eigenvalue weighted by molar-refractivity contribution is 7.99. The molecule has 2 aromatic carbocycles. The summed E-state index contributed by atoms with van der Waals surface area (Å²) in [5.74, 6) is 0.838. The molecule has 1 fully saturated rings. The van der Waals surface area contributed by atoms with Crippen molar-refractivity contribution >= 4 is 29.3 Å². The van der Waals surface area contributed by atoms with Crippen molar-refractivity contribution in [2.45, 2.75) is 36.9 Å². The first kappa shape index (κ1) is 22.9. The van der Waals surface area contributed by atoms with Gasteiger partial charge >= 0.3 is 0 Å². The van der Waals surface area contributed by atoms with Gasteiger partial charge in [0.2, 0.25) is 11.7 Å². The molecule has 2 N–H and O–H groups in total. The Hall–Kier alpha value is -3.85. The maximum atomic E-state index is 12.8. The lowest BCUT2D eigenvalue weighted by Crippen LogP contribution is -2.33. The zero-order valence-corrected chi connectivity index (χ0v) is 19.8. The highest BCUT2D eigenvalue weighted by Gasteiger charge is 2.21. The second-order valence-electron chi connectivity index (χ2n) is 8.29. The molecule has 1 aliphatic rings. The van der Waals surface area contributed by atoms with E-state index in [1.807, 2.05) is 41.0 Å². The molecular formula is C26H25N5O3S. The third-order valence-electron chi connectivity index (χ3n) is 5.86. The number of rotatable bonds is 8. The normalized spacial score (nSPS) is 13.6. The number of carbonyl (C=O) groups is 2. The number of hydrogen-bond donors (Lipinski definition) is 2. The molecule has 0 aliphatic heterocycles. The molecular weight excluding hydrogens is 462 g/mol. The number of nitrogens with one attached hydrogen (secondary N) is 2. The molecule has 0 spiro atoms. The number of benzene rings is 2. The van der Waals surface area contributed by atoms with Crippen molar-refractivity contribution in [3.8, 4) is 17.3 Å². The Balaban J connectivity index is 1.30. The number of para-hydroxylation sites is 2. The van der Waals surface area contributed by atoms with Crippen LogP contribution < -0.4 is 10.6 Å². The van der Waals surface area contributed by atoms with E-state index in [-0.39, 0.29) is 23.6 Å². The van der Waals surface area contributed by atoms with Crippen LogP contribution in [0.3, 0.4) is 0 Å². The fourth-order valence-corrected chi connectivity index (χ4v) is 4.93. The van der Waals surface area contributed by atoms with Gasteiger partial charge in [0.1, 0.15) is 0 Å². The molecule has 0 saturated heterocycles. The molecule has 0 atom stereocenters. The van der Waals surface area contributed by atoms with Gasteiger partial charge in [-0.05, 0) is 49.2 Å². The van der Waals surface area contributed by atoms with E-state index in [1.165, 1.54) is 11.8 Å². The summed E-state index contributed by atoms with van der Waals surface area (Å²) >= 11 is 1.26. The monoisotopic (exact) mass is 487 g/mol. The van der Waals surface area contributed by atoms with Crippen molar-refractivity contribution in [2.75, 3.05) is 11.1 Å². The summed E-state index contributed by atoms with van der Waals surface area (Å²) in [5, 5.41) is 15.1. The summed E-state index contributed by atoms with van der Waals surface area (Å²) in [6.45, 7) is 0. The van der Waals surface area contributed by atoms with Crippen molar-refractivity contribution in [1.82, 2.24) is 20.1 Å². The topological polar surface area (TPSA) is 102 Å². The minimum Gasteiger partial charge on any atom is -0.461 e. The Morgan fingerprint density at radius 2 is 1.74 bits per heavy atom. The van der Waals surface area contributed by atoms with E-state index in [1.54, 1.807) is 36.6 Å². The van der Waals surface area contributed by atoms with Gasteiger partial charge in [0.15, 0.2) is 10.9 Å². The molecule has 1 aliphatic carbocycles. The van der Waals surface area contributed by atoms with E-state index in [0.29, 0.717) is 28.0 Å². The first-order valence-electron chi connectivity index (χ1n) is 11.6. The van der Waals surface area contributed by atoms with E-state index < -0.39 is 0 Å². The maximum Gasteiger partial charge on any atom is 0.253 e. The van der Waals surface area contributed by atoms with Crippen LogP contribution in [0.2, 0.25) is 0 Å². The Morgan fingerprint density at radius 3 is 2.51 bits per heavy atom. The van der Waals surface area contributed by atoms with Gasteiger partial charge < -0.3 is 15.1 Å². The molecule has 0 bridgehead atoms. The van der Waals surface area contributed by atoms with Gasteiger partial charge in [-0.2, -0.15) is 0 Å². The Kier molecular flexibility index (Phi) is 6.94. The van der Waals surface area contributed by atoms with E-state index in [4.69, 9.17) is 4.42 Å². The first-order valence-corrected chi connectivity index (χ1v) is 12.5. The van der Waals surface area contributed by atoms with Gasteiger partial charge in [0.25, 0.3) is 5.91 Å². The van der Waals surface area contributed by atoms with Crippen LogP contribution >= 0.6 is 11.8 Å². The van der Waals surface area contributed by atoms with Gasteiger partial charge in [-0.3, -0.25) is 14.2 Å². The fraction of sp³-hybridized carbons (Fsp3) is 0.231. The lowest BCUT2D eigenvalue weighted by Gasteiger charge is -2.15. The minimum absolute atomic E-state index is 0.0989. The summed E-state index contributed by atoms with van der Waals surface area (Å²) in [7, 11) is 0. The molecule has 35 heavy (non-hydrogen) atoms. The molecule has 0 radical (unpaired) electrons. The number of carbonyl (C=O) groups excluding carboxylic acids is 2. The van der Waals surface area contributed by atoms with Crippen LogP contribution in [0.4, 0.5) is 5.69 Å². The van der Waals surface area contributed by atoms with Gasteiger partial charge in [-0.25, -0.2) is 0 Å². The molecule has 5 rings (SSSR count). The highest BCUT2D eigenvalue weighted by atomic mass is 32.2. The predicted octanol–water partition coefficient (Wildman–Crippen LogP) is 4.93. The second kappa shape index (κ2) is 10.6. The molecule has 1 saturated carbocycles. The third-order valence-corrected chi connectivity index (χ3v) is 6.79. The van der Waals surface area contributed by atoms with Crippen LogP contribution in [0.1, 0.15) is 36.0 Å². The summed E-state index contributed by atoms with van der Waals surface area (Å²) in [5.41, 5.74) is 1.82. The van der Waals surface area contributed by atoms with Gasteiger partial charge in [0.05, 0.1) is 23.3 Å². The number of nitrogens with zero attached hydrogens (tertiary/aromatic N) is 3. The van der Waals surface area contributed by atoms with Crippen molar-refractivity contribution < 1.29 is 14.0 Å². The maximum absolute atomic E-state index is 12.8. The van der Waals surface area contributed by atoms with E-state index in [9.17, 15) is 9.59 Å². The average molecular weight is 488 g/mol. The number of thioether (sulfide) groups is 1. The van der Waals surface area contributed by atoms with Crippen LogP contribution in [-0.4, -0.2) is 38.4 Å². The van der Waals surface area contributed by atoms with E-state index >= 15 is 0 Å². The smallest absolute Gasteiger partial charge is 0.253 e. The zero-order chi connectivity index (χ0) is 24.0. The molecule has 2 heterocycles. The number of hydrogen-bond acceptors (Lipinski definition) is 6. The van der Waals surface area contributed by atoms with Crippen molar-refractivity contribution in [3.63, 3.8) is 0 Å². The summed E-state index contributed by atoms with van der Waals surface area (Å²) in [4.78, 5) is 25.6. The lowest BCUT2D eigenvalue weighted by molar-refractivity contribution is -0.113. The largest absolute Gasteiger partial charge is 0.461 e. The van der Waals surface area contributed by atoms with Gasteiger partial charge in [0, 0.05) is 11.7 Å². The summed E-state index contributed by atoms with van der Waals surface area (Å²) in [6, 6.07) is 20.6. The van der Waals surface area contributed by atoms with Crippen LogP contribution in [0.15, 0.2) is 82.6 Å². The number of amides is 2. The number of anilines is 1. The predicted molar refractivity (Wildman–Crippen MR) is 135 cm³/mol. The van der Waals surface area contributed by atoms with E-state index in [0.717, 1.165) is 31.4 Å². The van der Waals surface area contributed by atoms with Crippen molar-refractivity contribution in [1.29, 1.82) is 0 Å². The Bertz CT molecular complexity index is 1300. The SMILES string of the molecule is O=C(CSc1nnc(-c2ccco2)n1-c1ccccc1)Nc1ccccc1C(=O)NC1CCCC1. The van der Waals surface area contributed by atoms with Gasteiger partial charge in [-0.15, -0.1) is 10.2 Å². The van der Waals surface area contributed by atoms with Crippen LogP contribution in [0.25, 0.3) is 17.3 Å². The molecule has 0 unspecified atom stereocenters. The summed E-state index contributed by atoms with van der Waals surface area (Å²) < 4.78 is 7.39. The quantitative estimate of drug-likeness (QED) is 0.342. The van der Waals surface area contributed by atoms with Gasteiger partial charge in [-0.1, -0.05) is 54.9 Å². The molecule has 8 nitrogen and oxygen atoms in total. The second-order valence-corrected chi connectivity index (χ2v) is 9.23. The van der Waals surface area contributed by atoms with Crippen molar-refractivity contribution in [2.24, 2.45) is 0 Å². The van der Waals surface area contributed by atoms with Crippen LogP contribution in [-0.2, 0) is 4.79 Å². The van der Waals surface area contributed by atoms with Crippen molar-refractivity contribution in [3.05, 3.63) is 78.6 Å². The average Bonchev–Trinajstić information content (AvgIpc) is 3.65. The van der Waals surface area contributed by atoms with Crippen LogP contribution in [0.5, 0.6) is 0 Å². The molecule has 9 heteroatoms. The van der Waals surface area contributed by atoms with E-state index in [2.05, 4.69) is 20.8 Å².